The maximum absolute atomic E-state index is 13.0. The lowest BCUT2D eigenvalue weighted by atomic mass is 9.99. The van der Waals surface area contributed by atoms with Gasteiger partial charge in [0.15, 0.2) is 0 Å². The molecule has 3 rings (SSSR count). The average molecular weight is 356 g/mol. The van der Waals surface area contributed by atoms with E-state index in [0.29, 0.717) is 24.6 Å². The minimum atomic E-state index is -0.343. The lowest BCUT2D eigenvalue weighted by Crippen LogP contribution is -2.50. The Morgan fingerprint density at radius 3 is 2.91 bits per heavy atom. The number of nitrogens with zero attached hydrogens (tertiary/aromatic N) is 2. The van der Waals surface area contributed by atoms with Crippen molar-refractivity contribution >= 4 is 47.4 Å². The number of carbonyl (C=O) groups is 2. The van der Waals surface area contributed by atoms with E-state index < -0.39 is 0 Å². The van der Waals surface area contributed by atoms with E-state index in [2.05, 4.69) is 0 Å². The molecule has 2 N–H and O–H groups in total. The molecule has 1 saturated heterocycles. The summed E-state index contributed by atoms with van der Waals surface area (Å²) in [7, 11) is 0. The largest absolute Gasteiger partial charge is 0.398 e. The fourth-order valence-electron chi connectivity index (χ4n) is 3.16. The first-order valence-corrected chi connectivity index (χ1v) is 8.85. The van der Waals surface area contributed by atoms with E-state index in [-0.39, 0.29) is 30.3 Å². The number of anilines is 2. The SMILES string of the molecule is CCC(=O)N1CSCC1C(=O)N1CCCc2c(N)cccc21.Cl. The summed E-state index contributed by atoms with van der Waals surface area (Å²) in [5.41, 5.74) is 8.77. The molecule has 0 aromatic heterocycles. The molecule has 1 aromatic carbocycles. The molecule has 0 spiro atoms. The van der Waals surface area contributed by atoms with Gasteiger partial charge in [0.05, 0.1) is 5.88 Å². The standard InChI is InChI=1S/C16H21N3O2S.ClH/c1-2-15(20)19-10-22-9-14(19)16(21)18-8-4-5-11-12(17)6-3-7-13(11)18;/h3,6-7,14H,2,4-5,8-10,17H2,1H3;1H. The summed E-state index contributed by atoms with van der Waals surface area (Å²) in [5, 5.41) is 0. The van der Waals surface area contributed by atoms with Crippen LogP contribution in [0.5, 0.6) is 0 Å². The van der Waals surface area contributed by atoms with Crippen molar-refractivity contribution < 1.29 is 9.59 Å². The predicted molar refractivity (Wildman–Crippen MR) is 97.0 cm³/mol. The summed E-state index contributed by atoms with van der Waals surface area (Å²) < 4.78 is 0. The number of thioether (sulfide) groups is 1. The molecule has 5 nitrogen and oxygen atoms in total. The second kappa shape index (κ2) is 7.45. The molecule has 1 unspecified atom stereocenters. The number of rotatable bonds is 2. The van der Waals surface area contributed by atoms with Gasteiger partial charge in [0, 0.05) is 30.1 Å². The Hall–Kier alpha value is -1.40. The van der Waals surface area contributed by atoms with Gasteiger partial charge < -0.3 is 15.5 Å². The van der Waals surface area contributed by atoms with Crippen molar-refractivity contribution in [3.63, 3.8) is 0 Å². The van der Waals surface area contributed by atoms with Gasteiger partial charge in [-0.2, -0.15) is 0 Å². The zero-order chi connectivity index (χ0) is 15.7. The van der Waals surface area contributed by atoms with Crippen molar-refractivity contribution in [2.24, 2.45) is 0 Å². The van der Waals surface area contributed by atoms with Gasteiger partial charge in [-0.15, -0.1) is 24.2 Å². The average Bonchev–Trinajstić information content (AvgIpc) is 3.03. The molecule has 126 valence electrons. The quantitative estimate of drug-likeness (QED) is 0.826. The third-order valence-electron chi connectivity index (χ3n) is 4.34. The highest BCUT2D eigenvalue weighted by Crippen LogP contribution is 2.33. The smallest absolute Gasteiger partial charge is 0.250 e. The van der Waals surface area contributed by atoms with Crippen LogP contribution in [-0.2, 0) is 16.0 Å². The van der Waals surface area contributed by atoms with Gasteiger partial charge in [0.2, 0.25) is 5.91 Å². The first kappa shape index (κ1) is 17.9. The number of benzene rings is 1. The maximum Gasteiger partial charge on any atom is 0.250 e. The number of halogens is 1. The molecule has 2 aliphatic heterocycles. The summed E-state index contributed by atoms with van der Waals surface area (Å²) in [4.78, 5) is 28.6. The first-order chi connectivity index (χ1) is 10.6. The van der Waals surface area contributed by atoms with Crippen LogP contribution in [0.1, 0.15) is 25.3 Å². The minimum absolute atomic E-state index is 0. The Kier molecular flexibility index (Phi) is 5.81. The molecule has 0 saturated carbocycles. The van der Waals surface area contributed by atoms with Crippen molar-refractivity contribution in [3.05, 3.63) is 23.8 Å². The Morgan fingerprint density at radius 1 is 1.39 bits per heavy atom. The lowest BCUT2D eigenvalue weighted by molar-refractivity contribution is -0.136. The van der Waals surface area contributed by atoms with E-state index in [4.69, 9.17) is 5.73 Å². The molecule has 0 aliphatic carbocycles. The highest BCUT2D eigenvalue weighted by atomic mass is 35.5. The Morgan fingerprint density at radius 2 is 2.17 bits per heavy atom. The van der Waals surface area contributed by atoms with Gasteiger partial charge in [0.1, 0.15) is 6.04 Å². The molecule has 7 heteroatoms. The third kappa shape index (κ3) is 3.28. The van der Waals surface area contributed by atoms with Gasteiger partial charge in [-0.1, -0.05) is 13.0 Å². The minimum Gasteiger partial charge on any atom is -0.398 e. The topological polar surface area (TPSA) is 66.6 Å². The van der Waals surface area contributed by atoms with E-state index in [1.54, 1.807) is 16.7 Å². The fraction of sp³-hybridized carbons (Fsp3) is 0.500. The van der Waals surface area contributed by atoms with E-state index in [1.807, 2.05) is 30.0 Å². The van der Waals surface area contributed by atoms with Gasteiger partial charge >= 0.3 is 0 Å². The van der Waals surface area contributed by atoms with Crippen molar-refractivity contribution in [1.82, 2.24) is 4.90 Å². The molecule has 2 amide bonds. The summed E-state index contributed by atoms with van der Waals surface area (Å²) in [6.07, 6.45) is 2.26. The van der Waals surface area contributed by atoms with E-state index in [1.165, 1.54) is 0 Å². The summed E-state index contributed by atoms with van der Waals surface area (Å²) in [6.45, 7) is 2.54. The zero-order valence-corrected chi connectivity index (χ0v) is 14.8. The van der Waals surface area contributed by atoms with Crippen LogP contribution < -0.4 is 10.6 Å². The number of amides is 2. The summed E-state index contributed by atoms with van der Waals surface area (Å²) >= 11 is 1.64. The number of hydrogen-bond donors (Lipinski definition) is 1. The van der Waals surface area contributed by atoms with Crippen molar-refractivity contribution in [1.29, 1.82) is 0 Å². The van der Waals surface area contributed by atoms with Gasteiger partial charge in [-0.05, 0) is 30.5 Å². The molecular formula is C16H22ClN3O2S. The van der Waals surface area contributed by atoms with Crippen molar-refractivity contribution in [2.45, 2.75) is 32.2 Å². The summed E-state index contributed by atoms with van der Waals surface area (Å²) in [6, 6.07) is 5.38. The van der Waals surface area contributed by atoms with Crippen LogP contribution in [0.15, 0.2) is 18.2 Å². The highest BCUT2D eigenvalue weighted by molar-refractivity contribution is 7.99. The van der Waals surface area contributed by atoms with Crippen LogP contribution in [0, 0.1) is 0 Å². The fourth-order valence-corrected chi connectivity index (χ4v) is 4.33. The Bertz CT molecular complexity index is 611. The highest BCUT2D eigenvalue weighted by Gasteiger charge is 2.38. The molecule has 1 atom stereocenters. The van der Waals surface area contributed by atoms with E-state index in [9.17, 15) is 9.59 Å². The summed E-state index contributed by atoms with van der Waals surface area (Å²) in [5.74, 6) is 1.37. The van der Waals surface area contributed by atoms with Gasteiger partial charge in [-0.25, -0.2) is 0 Å². The number of fused-ring (bicyclic) bond motifs is 1. The molecule has 1 aromatic rings. The molecule has 1 fully saturated rings. The molecule has 0 bridgehead atoms. The Balaban J connectivity index is 0.00000192. The maximum atomic E-state index is 13.0. The molecule has 0 radical (unpaired) electrons. The van der Waals surface area contributed by atoms with Crippen LogP contribution in [0.4, 0.5) is 11.4 Å². The monoisotopic (exact) mass is 355 g/mol. The third-order valence-corrected chi connectivity index (χ3v) is 5.36. The second-order valence-corrected chi connectivity index (χ2v) is 6.67. The number of nitrogen functional groups attached to an aromatic ring is 1. The van der Waals surface area contributed by atoms with Gasteiger partial charge in [0.25, 0.3) is 5.91 Å². The molecule has 2 heterocycles. The lowest BCUT2D eigenvalue weighted by Gasteiger charge is -2.34. The van der Waals surface area contributed by atoms with Crippen molar-refractivity contribution in [3.8, 4) is 0 Å². The van der Waals surface area contributed by atoms with Crippen LogP contribution >= 0.6 is 24.2 Å². The molecular weight excluding hydrogens is 334 g/mol. The zero-order valence-electron chi connectivity index (χ0n) is 13.2. The van der Waals surface area contributed by atoms with Crippen molar-refractivity contribution in [2.75, 3.05) is 28.8 Å². The second-order valence-electron chi connectivity index (χ2n) is 5.67. The number of hydrogen-bond acceptors (Lipinski definition) is 4. The first-order valence-electron chi connectivity index (χ1n) is 7.69. The number of nitrogens with two attached hydrogens (primary N) is 1. The molecule has 2 aliphatic rings. The predicted octanol–water partition coefficient (Wildman–Crippen LogP) is 2.28. The van der Waals surface area contributed by atoms with Crippen LogP contribution in [0.2, 0.25) is 0 Å². The normalized spacial score (nSPS) is 20.0. The molecule has 23 heavy (non-hydrogen) atoms. The number of carbonyl (C=O) groups excluding carboxylic acids is 2. The Labute approximate surface area is 147 Å². The van der Waals surface area contributed by atoms with Crippen LogP contribution in [0.25, 0.3) is 0 Å². The van der Waals surface area contributed by atoms with Gasteiger partial charge in [-0.3, -0.25) is 9.59 Å². The van der Waals surface area contributed by atoms with E-state index in [0.717, 1.165) is 29.8 Å². The van der Waals surface area contributed by atoms with E-state index >= 15 is 0 Å². The van der Waals surface area contributed by atoms with Crippen LogP contribution in [-0.4, -0.2) is 40.9 Å². The van der Waals surface area contributed by atoms with Crippen LogP contribution in [0.3, 0.4) is 0 Å².